The van der Waals surface area contributed by atoms with Crippen LogP contribution in [0.3, 0.4) is 0 Å². The molecular weight excluding hydrogens is 188 g/mol. The van der Waals surface area contributed by atoms with Crippen LogP contribution in [0.25, 0.3) is 0 Å². The minimum absolute atomic E-state index is 0.0781. The summed E-state index contributed by atoms with van der Waals surface area (Å²) in [7, 11) is 0. The highest BCUT2D eigenvalue weighted by molar-refractivity contribution is 7.79. The molecule has 0 aromatic heterocycles. The maximum Gasteiger partial charge on any atom is 0.163 e. The maximum atomic E-state index is 11.3. The number of carbonyl (C=O) groups excluding carboxylic acids is 1. The zero-order chi connectivity index (χ0) is 9.84. The van der Waals surface area contributed by atoms with Crippen LogP contribution in [0, 0.1) is 0 Å². The zero-order valence-corrected chi connectivity index (χ0v) is 7.97. The SMILES string of the molecule is CCC(=O)c1ccccc1S(=O)[O-]. The lowest BCUT2D eigenvalue weighted by atomic mass is 10.1. The molecule has 4 heteroatoms. The Bertz CT molecular complexity index is 346. The first-order valence-electron chi connectivity index (χ1n) is 3.88. The monoisotopic (exact) mass is 197 g/mol. The molecule has 0 aliphatic carbocycles. The summed E-state index contributed by atoms with van der Waals surface area (Å²) in [6, 6.07) is 6.19. The molecule has 0 radical (unpaired) electrons. The standard InChI is InChI=1S/C9H10O3S/c1-2-8(10)7-5-3-4-6-9(7)13(11)12/h3-6H,2H2,1H3,(H,11,12)/p-1. The Morgan fingerprint density at radius 2 is 2.08 bits per heavy atom. The van der Waals surface area contributed by atoms with Gasteiger partial charge in [0.2, 0.25) is 0 Å². The average molecular weight is 197 g/mol. The number of carbonyl (C=O) groups is 1. The molecule has 0 aliphatic rings. The van der Waals surface area contributed by atoms with E-state index in [2.05, 4.69) is 0 Å². The molecule has 1 aromatic rings. The summed E-state index contributed by atoms with van der Waals surface area (Å²) in [4.78, 5) is 11.3. The zero-order valence-electron chi connectivity index (χ0n) is 7.15. The first-order chi connectivity index (χ1) is 6.16. The molecule has 1 unspecified atom stereocenters. The van der Waals surface area contributed by atoms with Crippen LogP contribution in [-0.4, -0.2) is 14.5 Å². The van der Waals surface area contributed by atoms with Gasteiger partial charge in [-0.25, -0.2) is 0 Å². The van der Waals surface area contributed by atoms with Gasteiger partial charge in [0.05, 0.1) is 0 Å². The third kappa shape index (κ3) is 2.23. The average Bonchev–Trinajstić information content (AvgIpc) is 2.16. The lowest BCUT2D eigenvalue weighted by Gasteiger charge is -2.09. The van der Waals surface area contributed by atoms with Gasteiger partial charge in [-0.05, 0) is 17.1 Å². The van der Waals surface area contributed by atoms with Crippen LogP contribution in [0.5, 0.6) is 0 Å². The molecule has 0 spiro atoms. The lowest BCUT2D eigenvalue weighted by molar-refractivity contribution is 0.0985. The van der Waals surface area contributed by atoms with Crippen molar-refractivity contribution in [2.24, 2.45) is 0 Å². The maximum absolute atomic E-state index is 11.3. The van der Waals surface area contributed by atoms with Gasteiger partial charge in [-0.15, -0.1) is 0 Å². The van der Waals surface area contributed by atoms with Crippen LogP contribution in [0.4, 0.5) is 0 Å². The van der Waals surface area contributed by atoms with Gasteiger partial charge in [-0.3, -0.25) is 9.00 Å². The first kappa shape index (κ1) is 10.1. The Morgan fingerprint density at radius 1 is 1.46 bits per heavy atom. The summed E-state index contributed by atoms with van der Waals surface area (Å²) in [6.07, 6.45) is 0.314. The van der Waals surface area contributed by atoms with E-state index in [-0.39, 0.29) is 16.2 Å². The second-order valence-electron chi connectivity index (χ2n) is 2.51. The molecule has 1 aromatic carbocycles. The predicted molar refractivity (Wildman–Crippen MR) is 48.2 cm³/mol. The second kappa shape index (κ2) is 4.30. The van der Waals surface area contributed by atoms with E-state index in [1.807, 2.05) is 0 Å². The largest absolute Gasteiger partial charge is 0.768 e. The Hall–Kier alpha value is -1.00. The smallest absolute Gasteiger partial charge is 0.163 e. The van der Waals surface area contributed by atoms with Gasteiger partial charge >= 0.3 is 0 Å². The number of benzene rings is 1. The number of hydrogen-bond donors (Lipinski definition) is 0. The molecule has 0 saturated carbocycles. The third-order valence-corrected chi connectivity index (χ3v) is 2.40. The van der Waals surface area contributed by atoms with Crippen LogP contribution in [0.1, 0.15) is 23.7 Å². The number of hydrogen-bond acceptors (Lipinski definition) is 3. The van der Waals surface area contributed by atoms with E-state index in [4.69, 9.17) is 0 Å². The Labute approximate surface area is 79.1 Å². The van der Waals surface area contributed by atoms with Crippen molar-refractivity contribution in [3.8, 4) is 0 Å². The molecular formula is C9H9O3S-. The summed E-state index contributed by atoms with van der Waals surface area (Å²) >= 11 is -2.33. The molecule has 0 aliphatic heterocycles. The highest BCUT2D eigenvalue weighted by atomic mass is 32.2. The van der Waals surface area contributed by atoms with Crippen molar-refractivity contribution in [3.63, 3.8) is 0 Å². The van der Waals surface area contributed by atoms with Crippen LogP contribution in [0.15, 0.2) is 29.2 Å². The molecule has 0 heterocycles. The number of Topliss-reactive ketones (excluding diaryl/α,β-unsaturated/α-hetero) is 1. The fourth-order valence-electron chi connectivity index (χ4n) is 1.03. The Morgan fingerprint density at radius 3 is 2.62 bits per heavy atom. The minimum Gasteiger partial charge on any atom is -0.768 e. The summed E-state index contributed by atoms with van der Waals surface area (Å²) < 4.78 is 21.4. The highest BCUT2D eigenvalue weighted by Crippen LogP contribution is 2.13. The van der Waals surface area contributed by atoms with E-state index >= 15 is 0 Å². The van der Waals surface area contributed by atoms with Crippen LogP contribution < -0.4 is 0 Å². The third-order valence-electron chi connectivity index (χ3n) is 1.69. The van der Waals surface area contributed by atoms with Crippen LogP contribution in [0.2, 0.25) is 0 Å². The van der Waals surface area contributed by atoms with E-state index in [9.17, 15) is 13.6 Å². The quantitative estimate of drug-likeness (QED) is 0.545. The van der Waals surface area contributed by atoms with Gasteiger partial charge in [0.15, 0.2) is 5.78 Å². The van der Waals surface area contributed by atoms with Gasteiger partial charge in [-0.2, -0.15) is 0 Å². The molecule has 0 fully saturated rings. The van der Waals surface area contributed by atoms with Crippen molar-refractivity contribution < 1.29 is 13.6 Å². The summed E-state index contributed by atoms with van der Waals surface area (Å²) in [5.41, 5.74) is 0.276. The van der Waals surface area contributed by atoms with Crippen molar-refractivity contribution in [3.05, 3.63) is 29.8 Å². The minimum atomic E-state index is -2.33. The van der Waals surface area contributed by atoms with Crippen molar-refractivity contribution in [1.82, 2.24) is 0 Å². The van der Waals surface area contributed by atoms with Crippen LogP contribution >= 0.6 is 0 Å². The predicted octanol–water partition coefficient (Wildman–Crippen LogP) is 1.52. The van der Waals surface area contributed by atoms with Crippen molar-refractivity contribution in [2.75, 3.05) is 0 Å². The van der Waals surface area contributed by atoms with Gasteiger partial charge in [0.1, 0.15) is 0 Å². The van der Waals surface area contributed by atoms with E-state index in [1.54, 1.807) is 19.1 Å². The van der Waals surface area contributed by atoms with Gasteiger partial charge in [-0.1, -0.05) is 25.1 Å². The topological polar surface area (TPSA) is 57.2 Å². The summed E-state index contributed by atoms with van der Waals surface area (Å²) in [6.45, 7) is 1.70. The molecule has 3 nitrogen and oxygen atoms in total. The van der Waals surface area contributed by atoms with Crippen LogP contribution in [-0.2, 0) is 11.1 Å². The van der Waals surface area contributed by atoms with E-state index in [1.165, 1.54) is 12.1 Å². The van der Waals surface area contributed by atoms with Gasteiger partial charge < -0.3 is 4.55 Å². The van der Waals surface area contributed by atoms with Crippen molar-refractivity contribution >= 4 is 16.9 Å². The Balaban J connectivity index is 3.19. The molecule has 0 saturated heterocycles. The molecule has 70 valence electrons. The molecule has 1 atom stereocenters. The summed E-state index contributed by atoms with van der Waals surface area (Å²) in [5.74, 6) is -0.153. The van der Waals surface area contributed by atoms with Gasteiger partial charge in [0, 0.05) is 16.9 Å². The van der Waals surface area contributed by atoms with Crippen molar-refractivity contribution in [1.29, 1.82) is 0 Å². The van der Waals surface area contributed by atoms with E-state index in [0.29, 0.717) is 6.42 Å². The fraction of sp³-hybridized carbons (Fsp3) is 0.222. The molecule has 0 bridgehead atoms. The fourth-order valence-corrected chi connectivity index (χ4v) is 1.58. The van der Waals surface area contributed by atoms with E-state index in [0.717, 1.165) is 0 Å². The molecule has 13 heavy (non-hydrogen) atoms. The first-order valence-corrected chi connectivity index (χ1v) is 4.95. The molecule has 0 N–H and O–H groups in total. The molecule has 1 rings (SSSR count). The van der Waals surface area contributed by atoms with E-state index < -0.39 is 11.1 Å². The second-order valence-corrected chi connectivity index (χ2v) is 3.42. The lowest BCUT2D eigenvalue weighted by Crippen LogP contribution is -2.03. The number of rotatable bonds is 3. The normalized spacial score (nSPS) is 12.5. The number of ketones is 1. The van der Waals surface area contributed by atoms with Gasteiger partial charge in [0.25, 0.3) is 0 Å². The highest BCUT2D eigenvalue weighted by Gasteiger charge is 2.08. The molecule has 0 amide bonds. The van der Waals surface area contributed by atoms with Crippen molar-refractivity contribution in [2.45, 2.75) is 18.2 Å². The summed E-state index contributed by atoms with van der Waals surface area (Å²) in [5, 5.41) is 0. The Kier molecular flexibility index (Phi) is 3.33.